The van der Waals surface area contributed by atoms with Crippen molar-refractivity contribution in [3.63, 3.8) is 0 Å². The maximum atomic E-state index is 14.0. The number of esters is 1. The van der Waals surface area contributed by atoms with Gasteiger partial charge in [-0.15, -0.1) is 0 Å². The first-order valence-electron chi connectivity index (χ1n) is 16.6. The van der Waals surface area contributed by atoms with Crippen molar-refractivity contribution in [2.24, 2.45) is 29.4 Å². The van der Waals surface area contributed by atoms with Crippen LogP contribution in [-0.2, 0) is 23.8 Å². The van der Waals surface area contributed by atoms with Crippen molar-refractivity contribution >= 4 is 29.2 Å². The lowest BCUT2D eigenvalue weighted by molar-refractivity contribution is -0.160. The summed E-state index contributed by atoms with van der Waals surface area (Å²) in [4.78, 5) is 53.2. The molecular formula is C37H47N3O11. The van der Waals surface area contributed by atoms with E-state index in [4.69, 9.17) is 30.1 Å². The molecule has 51 heavy (non-hydrogen) atoms. The van der Waals surface area contributed by atoms with E-state index in [1.165, 1.54) is 53.2 Å². The number of ether oxygens (including phenoxy) is 4. The molecule has 1 aliphatic carbocycles. The molecule has 0 saturated carbocycles. The van der Waals surface area contributed by atoms with E-state index in [0.717, 1.165) is 0 Å². The highest BCUT2D eigenvalue weighted by Crippen LogP contribution is 2.48. The zero-order valence-electron chi connectivity index (χ0n) is 30.2. The van der Waals surface area contributed by atoms with Crippen LogP contribution >= 0.6 is 0 Å². The number of aliphatic hydroxyl groups is 2. The molecule has 14 nitrogen and oxygen atoms in total. The number of aromatic hydroxyl groups is 1. The number of carbonyl (C=O) groups excluding carboxylic acids is 4. The fraction of sp³-hybridized carbons (Fsp3) is 0.486. The van der Waals surface area contributed by atoms with Crippen molar-refractivity contribution in [2.75, 3.05) is 7.11 Å². The van der Waals surface area contributed by atoms with Gasteiger partial charge in [0.05, 0.1) is 47.1 Å². The summed E-state index contributed by atoms with van der Waals surface area (Å²) in [6, 6.07) is 0. The summed E-state index contributed by atoms with van der Waals surface area (Å²) in [6.45, 7) is 12.3. The van der Waals surface area contributed by atoms with Gasteiger partial charge in [0.15, 0.2) is 0 Å². The van der Waals surface area contributed by atoms with Gasteiger partial charge in [-0.25, -0.2) is 0 Å². The minimum Gasteiger partial charge on any atom is -0.507 e. The first-order chi connectivity index (χ1) is 23.8. The topological polar surface area (TPSA) is 228 Å². The molecule has 5 bridgehead atoms. The Kier molecular flexibility index (Phi) is 11.3. The van der Waals surface area contributed by atoms with Gasteiger partial charge in [0.1, 0.15) is 23.3 Å². The Morgan fingerprint density at radius 3 is 2.25 bits per heavy atom. The maximum absolute atomic E-state index is 14.0. The first kappa shape index (κ1) is 39.0. The van der Waals surface area contributed by atoms with E-state index in [1.807, 2.05) is 0 Å². The highest BCUT2D eigenvalue weighted by molar-refractivity contribution is 6.33. The highest BCUT2D eigenvalue weighted by Gasteiger charge is 2.52. The Labute approximate surface area is 296 Å². The van der Waals surface area contributed by atoms with Gasteiger partial charge in [0.25, 0.3) is 11.7 Å². The van der Waals surface area contributed by atoms with Crippen molar-refractivity contribution in [2.45, 2.75) is 85.6 Å². The Morgan fingerprint density at radius 1 is 1.00 bits per heavy atom. The molecule has 1 aromatic rings. The van der Waals surface area contributed by atoms with E-state index in [2.05, 4.69) is 5.32 Å². The number of nitrogens with one attached hydrogen (secondary N) is 2. The third kappa shape index (κ3) is 7.08. The number of ketones is 2. The summed E-state index contributed by atoms with van der Waals surface area (Å²) in [5.74, 6) is -8.13. The van der Waals surface area contributed by atoms with Gasteiger partial charge in [0, 0.05) is 61.3 Å². The number of phenols is 1. The quantitative estimate of drug-likeness (QED) is 0.244. The van der Waals surface area contributed by atoms with E-state index in [-0.39, 0.29) is 28.0 Å². The van der Waals surface area contributed by atoms with Gasteiger partial charge in [0.2, 0.25) is 5.78 Å². The normalized spacial score (nSPS) is 34.2. The Hall–Kier alpha value is -4.79. The average molecular weight is 710 g/mol. The van der Waals surface area contributed by atoms with Crippen LogP contribution in [0.15, 0.2) is 47.5 Å². The molecule has 5 rings (SSSR count). The average Bonchev–Trinajstić information content (AvgIpc) is 3.35. The van der Waals surface area contributed by atoms with Crippen LogP contribution in [0.4, 0.5) is 0 Å². The third-order valence-electron chi connectivity index (χ3n) is 10.0. The standard InChI is InChI=1S/C37H47N3O11/c1-15-11-10-12-16(2)36(47)40-28-27(39)26(38)23-24(32(28)45)31(44)20(6)34-25(23)35(46)37(8,51-34)49-14-13-22(48-9)17(3)33(50-21(7)41)19(5)30(43)18(4)29(15)42/h10-15,17-19,22,29-30,33,38,42-44H,39H2,1-9H3,(H,40,47)/b11-10+,14-13+,16-12-,38-26?. The van der Waals surface area contributed by atoms with Crippen molar-refractivity contribution < 1.29 is 53.4 Å². The van der Waals surface area contributed by atoms with E-state index >= 15 is 0 Å². The van der Waals surface area contributed by atoms with Crippen LogP contribution in [0.2, 0.25) is 0 Å². The van der Waals surface area contributed by atoms with Crippen LogP contribution in [0.3, 0.4) is 0 Å². The predicted octanol–water partition coefficient (Wildman–Crippen LogP) is 3.10. The highest BCUT2D eigenvalue weighted by atomic mass is 16.7. The number of Topliss-reactive ketones (excluding diaryl/α,β-unsaturated/α-hetero) is 2. The summed E-state index contributed by atoms with van der Waals surface area (Å²) >= 11 is 0. The van der Waals surface area contributed by atoms with Crippen LogP contribution < -0.4 is 15.8 Å². The number of nitrogens with two attached hydrogens (primary N) is 1. The predicted molar refractivity (Wildman–Crippen MR) is 185 cm³/mol. The number of benzene rings is 1. The molecule has 0 fully saturated rings. The van der Waals surface area contributed by atoms with E-state index in [1.54, 1.807) is 39.8 Å². The van der Waals surface area contributed by atoms with Crippen LogP contribution in [0.5, 0.6) is 11.5 Å². The van der Waals surface area contributed by atoms with Gasteiger partial charge >= 0.3 is 11.8 Å². The number of fused-ring (bicyclic) bond motifs is 14. The van der Waals surface area contributed by atoms with Crippen LogP contribution in [0.1, 0.15) is 80.3 Å². The van der Waals surface area contributed by atoms with Gasteiger partial charge < -0.3 is 45.3 Å². The molecule has 14 heteroatoms. The molecule has 0 radical (unpaired) electrons. The molecule has 3 heterocycles. The molecule has 4 aliphatic rings. The molecule has 0 spiro atoms. The summed E-state index contributed by atoms with van der Waals surface area (Å²) in [7, 11) is 1.42. The Balaban J connectivity index is 1.86. The number of rotatable bonds is 2. The van der Waals surface area contributed by atoms with Gasteiger partial charge in [-0.1, -0.05) is 45.9 Å². The number of carbonyl (C=O) groups is 4. The third-order valence-corrected chi connectivity index (χ3v) is 10.0. The number of methoxy groups -OCH3 is 1. The monoisotopic (exact) mass is 709 g/mol. The smallest absolute Gasteiger partial charge is 0.312 e. The first-order valence-corrected chi connectivity index (χ1v) is 16.6. The molecule has 7 N–H and O–H groups in total. The number of hydrogen-bond donors (Lipinski definition) is 6. The van der Waals surface area contributed by atoms with Crippen LogP contribution in [0.25, 0.3) is 0 Å². The number of amides is 1. The minimum atomic E-state index is -2.02. The van der Waals surface area contributed by atoms with E-state index in [0.29, 0.717) is 0 Å². The Bertz CT molecular complexity index is 1780. The fourth-order valence-corrected chi connectivity index (χ4v) is 6.75. The second-order valence-electron chi connectivity index (χ2n) is 13.6. The number of phenolic OH excluding ortho intramolecular Hbond substituents is 1. The summed E-state index contributed by atoms with van der Waals surface area (Å²) in [5, 5.41) is 45.1. The van der Waals surface area contributed by atoms with E-state index < -0.39 is 106 Å². The Morgan fingerprint density at radius 2 is 1.65 bits per heavy atom. The molecule has 1 aromatic carbocycles. The molecule has 1 amide bonds. The lowest BCUT2D eigenvalue weighted by Crippen LogP contribution is -2.46. The molecule has 0 saturated heterocycles. The molecule has 9 unspecified atom stereocenters. The van der Waals surface area contributed by atoms with E-state index in [9.17, 15) is 34.5 Å². The van der Waals surface area contributed by atoms with Gasteiger partial charge in [-0.05, 0) is 19.9 Å². The van der Waals surface area contributed by atoms with Gasteiger partial charge in [-0.3, -0.25) is 24.6 Å². The maximum Gasteiger partial charge on any atom is 0.312 e. The number of allylic oxidation sites excluding steroid dienone is 4. The van der Waals surface area contributed by atoms with Crippen molar-refractivity contribution in [3.05, 3.63) is 69.8 Å². The largest absolute Gasteiger partial charge is 0.507 e. The summed E-state index contributed by atoms with van der Waals surface area (Å²) in [5.41, 5.74) is 4.18. The molecule has 0 aromatic heterocycles. The molecule has 9 atom stereocenters. The van der Waals surface area contributed by atoms with Gasteiger partial charge in [-0.2, -0.15) is 0 Å². The van der Waals surface area contributed by atoms with Crippen molar-refractivity contribution in [1.82, 2.24) is 5.32 Å². The SMILES string of the molecule is COC1/C=C/OC2(C)Oc3c(C)c(O)c4c(c3C2=O)C(=N)C(N)=C(NC(=O)/C(C)=C\C=C\C(C)C(O)C(C)C(O)C(C)C(OC(C)=O)C1C)C4=O. The molecule has 3 aliphatic heterocycles. The second kappa shape index (κ2) is 14.8. The molecular weight excluding hydrogens is 662 g/mol. The van der Waals surface area contributed by atoms with Crippen molar-refractivity contribution in [3.8, 4) is 11.5 Å². The summed E-state index contributed by atoms with van der Waals surface area (Å²) in [6.07, 6.45) is 3.44. The summed E-state index contributed by atoms with van der Waals surface area (Å²) < 4.78 is 23.2. The number of aliphatic hydroxyl groups excluding tert-OH is 2. The zero-order valence-corrected chi connectivity index (χ0v) is 30.2. The lowest BCUT2D eigenvalue weighted by Gasteiger charge is -2.38. The zero-order chi connectivity index (χ0) is 38.3. The second-order valence-corrected chi connectivity index (χ2v) is 13.6. The number of hydrogen-bond acceptors (Lipinski definition) is 13. The minimum absolute atomic E-state index is 0.0260. The van der Waals surface area contributed by atoms with Crippen LogP contribution in [-0.4, -0.2) is 81.8 Å². The van der Waals surface area contributed by atoms with Crippen LogP contribution in [0, 0.1) is 36.0 Å². The lowest BCUT2D eigenvalue weighted by atomic mass is 9.78. The molecule has 276 valence electrons. The van der Waals surface area contributed by atoms with Crippen molar-refractivity contribution in [1.29, 1.82) is 5.41 Å². The fourth-order valence-electron chi connectivity index (χ4n) is 6.75.